The summed E-state index contributed by atoms with van der Waals surface area (Å²) in [6, 6.07) is 15.6. The maximum atomic E-state index is 9.38. The van der Waals surface area contributed by atoms with Crippen molar-refractivity contribution in [2.75, 3.05) is 7.11 Å². The summed E-state index contributed by atoms with van der Waals surface area (Å²) in [5.41, 5.74) is 3.49. The molecule has 2 N–H and O–H groups in total. The van der Waals surface area contributed by atoms with Gasteiger partial charge < -0.3 is 15.2 Å². The van der Waals surface area contributed by atoms with Crippen molar-refractivity contribution < 1.29 is 9.84 Å². The number of benzene rings is 2. The molecule has 0 unspecified atom stereocenters. The highest BCUT2D eigenvalue weighted by molar-refractivity contribution is 5.27. The van der Waals surface area contributed by atoms with Crippen LogP contribution in [-0.4, -0.2) is 12.2 Å². The third-order valence-corrected chi connectivity index (χ3v) is 2.87. The molecule has 0 saturated heterocycles. The maximum absolute atomic E-state index is 9.38. The number of ether oxygens (including phenoxy) is 1. The first-order valence-corrected chi connectivity index (χ1v) is 6.33. The average molecular weight is 257 g/mol. The Kier molecular flexibility index (Phi) is 4.95. The van der Waals surface area contributed by atoms with E-state index < -0.39 is 0 Å². The second-order valence-electron chi connectivity index (χ2n) is 4.53. The first-order valence-electron chi connectivity index (χ1n) is 6.33. The van der Waals surface area contributed by atoms with Gasteiger partial charge in [0.05, 0.1) is 6.61 Å². The van der Waals surface area contributed by atoms with Gasteiger partial charge in [0.2, 0.25) is 0 Å². The monoisotopic (exact) mass is 257 g/mol. The Labute approximate surface area is 113 Å². The third kappa shape index (κ3) is 4.39. The Balaban J connectivity index is 1.87. The molecule has 2 aromatic rings. The lowest BCUT2D eigenvalue weighted by atomic mass is 10.1. The van der Waals surface area contributed by atoms with Crippen molar-refractivity contribution in [3.63, 3.8) is 0 Å². The molecule has 19 heavy (non-hydrogen) atoms. The van der Waals surface area contributed by atoms with Crippen LogP contribution >= 0.6 is 0 Å². The largest absolute Gasteiger partial charge is 0.508 e. The molecule has 0 aliphatic carbocycles. The van der Waals surface area contributed by atoms with Gasteiger partial charge in [0.25, 0.3) is 0 Å². The molecule has 2 aromatic carbocycles. The van der Waals surface area contributed by atoms with Crippen molar-refractivity contribution in [1.82, 2.24) is 5.32 Å². The van der Waals surface area contributed by atoms with Crippen molar-refractivity contribution in [3.8, 4) is 5.75 Å². The van der Waals surface area contributed by atoms with Crippen molar-refractivity contribution >= 4 is 0 Å². The zero-order valence-electron chi connectivity index (χ0n) is 11.1. The number of methoxy groups -OCH3 is 1. The lowest BCUT2D eigenvalue weighted by molar-refractivity contribution is 0.185. The number of phenolic OH excluding ortho intramolecular Hbond substituents is 1. The van der Waals surface area contributed by atoms with Gasteiger partial charge >= 0.3 is 0 Å². The molecule has 100 valence electrons. The number of nitrogens with one attached hydrogen (secondary N) is 1. The number of rotatable bonds is 6. The SMILES string of the molecule is COCc1cccc(CNCc2cccc(O)c2)c1. The summed E-state index contributed by atoms with van der Waals surface area (Å²) >= 11 is 0. The number of hydrogen-bond acceptors (Lipinski definition) is 3. The molecule has 0 heterocycles. The van der Waals surface area contributed by atoms with E-state index >= 15 is 0 Å². The zero-order chi connectivity index (χ0) is 13.5. The van der Waals surface area contributed by atoms with Gasteiger partial charge in [-0.3, -0.25) is 0 Å². The molecular formula is C16H19NO2. The minimum atomic E-state index is 0.307. The standard InChI is InChI=1S/C16H19NO2/c1-19-12-15-6-2-4-13(8-15)10-17-11-14-5-3-7-16(18)9-14/h2-9,17-18H,10-12H2,1H3. The van der Waals surface area contributed by atoms with Crippen LogP contribution in [0.1, 0.15) is 16.7 Å². The molecule has 0 saturated carbocycles. The van der Waals surface area contributed by atoms with Crippen LogP contribution in [-0.2, 0) is 24.4 Å². The number of phenols is 1. The number of hydrogen-bond donors (Lipinski definition) is 2. The van der Waals surface area contributed by atoms with Gasteiger partial charge in [-0.05, 0) is 28.8 Å². The van der Waals surface area contributed by atoms with Crippen molar-refractivity contribution in [1.29, 1.82) is 0 Å². The molecule has 3 heteroatoms. The summed E-state index contributed by atoms with van der Waals surface area (Å²) < 4.78 is 5.12. The normalized spacial score (nSPS) is 10.6. The Morgan fingerprint density at radius 1 is 0.947 bits per heavy atom. The predicted molar refractivity (Wildman–Crippen MR) is 75.8 cm³/mol. The minimum absolute atomic E-state index is 0.307. The van der Waals surface area contributed by atoms with Gasteiger partial charge in [-0.1, -0.05) is 36.4 Å². The van der Waals surface area contributed by atoms with Gasteiger partial charge in [-0.25, -0.2) is 0 Å². The van der Waals surface area contributed by atoms with E-state index in [1.807, 2.05) is 18.2 Å². The lowest BCUT2D eigenvalue weighted by Gasteiger charge is -2.07. The fourth-order valence-electron chi connectivity index (χ4n) is 2.01. The van der Waals surface area contributed by atoms with E-state index in [0.717, 1.165) is 18.7 Å². The predicted octanol–water partition coefficient (Wildman–Crippen LogP) is 2.83. The van der Waals surface area contributed by atoms with E-state index in [4.69, 9.17) is 4.74 Å². The van der Waals surface area contributed by atoms with Crippen LogP contribution in [0.2, 0.25) is 0 Å². The second-order valence-corrected chi connectivity index (χ2v) is 4.53. The van der Waals surface area contributed by atoms with Gasteiger partial charge in [-0.15, -0.1) is 0 Å². The summed E-state index contributed by atoms with van der Waals surface area (Å²) in [4.78, 5) is 0. The highest BCUT2D eigenvalue weighted by atomic mass is 16.5. The summed E-state index contributed by atoms with van der Waals surface area (Å²) in [6.07, 6.45) is 0. The smallest absolute Gasteiger partial charge is 0.115 e. The Morgan fingerprint density at radius 3 is 2.26 bits per heavy atom. The van der Waals surface area contributed by atoms with Gasteiger partial charge in [0.15, 0.2) is 0 Å². The summed E-state index contributed by atoms with van der Waals surface area (Å²) in [7, 11) is 1.70. The topological polar surface area (TPSA) is 41.5 Å². The highest BCUT2D eigenvalue weighted by Crippen LogP contribution is 2.11. The molecule has 0 radical (unpaired) electrons. The second kappa shape index (κ2) is 6.92. The Morgan fingerprint density at radius 2 is 1.58 bits per heavy atom. The van der Waals surface area contributed by atoms with Crippen molar-refractivity contribution in [2.24, 2.45) is 0 Å². The van der Waals surface area contributed by atoms with Crippen LogP contribution in [0.15, 0.2) is 48.5 Å². The lowest BCUT2D eigenvalue weighted by Crippen LogP contribution is -2.12. The summed E-state index contributed by atoms with van der Waals surface area (Å²) in [6.45, 7) is 2.18. The van der Waals surface area contributed by atoms with Crippen molar-refractivity contribution in [2.45, 2.75) is 19.7 Å². The fraction of sp³-hybridized carbons (Fsp3) is 0.250. The quantitative estimate of drug-likeness (QED) is 0.836. The van der Waals surface area contributed by atoms with Crippen LogP contribution < -0.4 is 5.32 Å². The van der Waals surface area contributed by atoms with E-state index in [9.17, 15) is 5.11 Å². The molecule has 0 aromatic heterocycles. The molecule has 0 atom stereocenters. The van der Waals surface area contributed by atoms with E-state index in [0.29, 0.717) is 12.4 Å². The third-order valence-electron chi connectivity index (χ3n) is 2.87. The zero-order valence-corrected chi connectivity index (χ0v) is 11.1. The van der Waals surface area contributed by atoms with E-state index in [1.54, 1.807) is 19.2 Å². The van der Waals surface area contributed by atoms with Crippen molar-refractivity contribution in [3.05, 3.63) is 65.2 Å². The van der Waals surface area contributed by atoms with E-state index in [1.165, 1.54) is 11.1 Å². The van der Waals surface area contributed by atoms with Crippen LogP contribution in [0.5, 0.6) is 5.75 Å². The molecular weight excluding hydrogens is 238 g/mol. The Bertz CT molecular complexity index is 526. The van der Waals surface area contributed by atoms with Crippen LogP contribution in [0.3, 0.4) is 0 Å². The van der Waals surface area contributed by atoms with E-state index in [-0.39, 0.29) is 0 Å². The minimum Gasteiger partial charge on any atom is -0.508 e. The molecule has 0 bridgehead atoms. The number of aromatic hydroxyl groups is 1. The molecule has 3 nitrogen and oxygen atoms in total. The Hall–Kier alpha value is -1.84. The molecule has 0 aliphatic rings. The van der Waals surface area contributed by atoms with Crippen LogP contribution in [0, 0.1) is 0 Å². The average Bonchev–Trinajstić information content (AvgIpc) is 2.40. The highest BCUT2D eigenvalue weighted by Gasteiger charge is 1.97. The van der Waals surface area contributed by atoms with Gasteiger partial charge in [0.1, 0.15) is 5.75 Å². The van der Waals surface area contributed by atoms with E-state index in [2.05, 4.69) is 23.5 Å². The summed E-state index contributed by atoms with van der Waals surface area (Å²) in [5.74, 6) is 0.307. The van der Waals surface area contributed by atoms with Crippen LogP contribution in [0.25, 0.3) is 0 Å². The molecule has 0 aliphatic heterocycles. The van der Waals surface area contributed by atoms with Gasteiger partial charge in [-0.2, -0.15) is 0 Å². The molecule has 0 fully saturated rings. The molecule has 0 spiro atoms. The first-order chi connectivity index (χ1) is 9.28. The fourth-order valence-corrected chi connectivity index (χ4v) is 2.01. The maximum Gasteiger partial charge on any atom is 0.115 e. The first kappa shape index (κ1) is 13.6. The van der Waals surface area contributed by atoms with Gasteiger partial charge in [0, 0.05) is 20.2 Å². The summed E-state index contributed by atoms with van der Waals surface area (Å²) in [5, 5.41) is 12.7. The molecule has 0 amide bonds. The van der Waals surface area contributed by atoms with Crippen LogP contribution in [0.4, 0.5) is 0 Å². The molecule has 2 rings (SSSR count).